The molecule has 9 heteroatoms. The van der Waals surface area contributed by atoms with E-state index >= 15 is 0 Å². The maximum absolute atomic E-state index is 13.0. The fourth-order valence-electron chi connectivity index (χ4n) is 1.80. The molecule has 0 spiro atoms. The Morgan fingerprint density at radius 3 is 2.52 bits per heavy atom. The van der Waals surface area contributed by atoms with Gasteiger partial charge in [0, 0.05) is 10.6 Å². The predicted octanol–water partition coefficient (Wildman–Crippen LogP) is 2.96. The molecule has 0 fully saturated rings. The first-order valence-corrected chi connectivity index (χ1v) is 8.78. The summed E-state index contributed by atoms with van der Waals surface area (Å²) in [7, 11) is -5.83. The van der Waals surface area contributed by atoms with Gasteiger partial charge in [-0.3, -0.25) is 4.55 Å². The smallest absolute Gasteiger partial charge is 0.459 e. The number of hydrogen-bond donors (Lipinski definition) is 1. The molecule has 0 amide bonds. The van der Waals surface area contributed by atoms with Crippen LogP contribution in [-0.4, -0.2) is 36.6 Å². The van der Waals surface area contributed by atoms with E-state index in [4.69, 9.17) is 4.55 Å². The lowest BCUT2D eigenvalue weighted by molar-refractivity contribution is -0.160. The first kappa shape index (κ1) is 17.6. The third kappa shape index (κ3) is 3.98. The average Bonchev–Trinajstić information content (AvgIpc) is 2.50. The highest BCUT2D eigenvalue weighted by molar-refractivity contribution is 7.99. The first-order chi connectivity index (χ1) is 10.7. The summed E-state index contributed by atoms with van der Waals surface area (Å²) >= 11 is 1.28. The van der Waals surface area contributed by atoms with Crippen molar-refractivity contribution in [2.75, 3.05) is 12.4 Å². The molecule has 124 valence electrons. The molecule has 0 radical (unpaired) electrons. The van der Waals surface area contributed by atoms with E-state index in [-0.39, 0.29) is 5.75 Å². The van der Waals surface area contributed by atoms with E-state index in [1.807, 2.05) is 42.5 Å². The van der Waals surface area contributed by atoms with Crippen LogP contribution in [0, 0.1) is 0 Å². The summed E-state index contributed by atoms with van der Waals surface area (Å²) in [5, 5.41) is -2.99. The van der Waals surface area contributed by atoms with Crippen molar-refractivity contribution in [3.63, 3.8) is 0 Å². The van der Waals surface area contributed by atoms with Gasteiger partial charge in [0.25, 0.3) is 0 Å². The van der Waals surface area contributed by atoms with Gasteiger partial charge < -0.3 is 4.74 Å². The van der Waals surface area contributed by atoms with Gasteiger partial charge >= 0.3 is 21.3 Å². The first-order valence-electron chi connectivity index (χ1n) is 6.36. The van der Waals surface area contributed by atoms with Gasteiger partial charge in [-0.1, -0.05) is 36.4 Å². The van der Waals surface area contributed by atoms with Crippen molar-refractivity contribution in [2.45, 2.75) is 10.2 Å². The summed E-state index contributed by atoms with van der Waals surface area (Å²) in [5.74, 6) is -2.14. The van der Waals surface area contributed by atoms with Gasteiger partial charge in [-0.05, 0) is 16.8 Å². The van der Waals surface area contributed by atoms with Crippen LogP contribution in [-0.2, 0) is 19.6 Å². The zero-order valence-corrected chi connectivity index (χ0v) is 13.2. The molecule has 2 rings (SSSR count). The Bertz CT molecular complexity index is 816. The van der Waals surface area contributed by atoms with E-state index in [1.165, 1.54) is 11.8 Å². The molecular formula is C14H12F2O5S2. The Balaban J connectivity index is 1.94. The van der Waals surface area contributed by atoms with Crippen LogP contribution in [0.2, 0.25) is 0 Å². The number of halogens is 2. The van der Waals surface area contributed by atoms with Gasteiger partial charge in [-0.25, -0.2) is 4.79 Å². The number of carbonyl (C=O) groups excluding carboxylic acids is 1. The van der Waals surface area contributed by atoms with Crippen LogP contribution in [0.3, 0.4) is 0 Å². The third-order valence-corrected chi connectivity index (χ3v) is 4.74. The molecule has 5 nitrogen and oxygen atoms in total. The van der Waals surface area contributed by atoms with E-state index in [2.05, 4.69) is 4.74 Å². The Morgan fingerprint density at radius 2 is 1.83 bits per heavy atom. The van der Waals surface area contributed by atoms with E-state index in [1.54, 1.807) is 0 Å². The minimum absolute atomic E-state index is 0.154. The second kappa shape index (κ2) is 6.81. The van der Waals surface area contributed by atoms with Gasteiger partial charge in [-0.15, -0.1) is 11.8 Å². The molecule has 0 aliphatic carbocycles. The summed E-state index contributed by atoms with van der Waals surface area (Å²) in [6.45, 7) is -0.419. The molecule has 0 aromatic heterocycles. The molecule has 23 heavy (non-hydrogen) atoms. The quantitative estimate of drug-likeness (QED) is 0.368. The van der Waals surface area contributed by atoms with Gasteiger partial charge in [0.1, 0.15) is 6.61 Å². The molecule has 0 aliphatic rings. The molecule has 2 aromatic rings. The summed E-state index contributed by atoms with van der Waals surface area (Å²) in [5.41, 5.74) is 0. The largest absolute Gasteiger partial charge is 0.465 e. The van der Waals surface area contributed by atoms with Crippen LogP contribution in [0.15, 0.2) is 47.4 Å². The average molecular weight is 362 g/mol. The Hall–Kier alpha value is -1.71. The van der Waals surface area contributed by atoms with Gasteiger partial charge in [0.15, 0.2) is 0 Å². The fraction of sp³-hybridized carbons (Fsp3) is 0.214. The summed E-state index contributed by atoms with van der Waals surface area (Å²) in [4.78, 5) is 11.9. The standard InChI is InChI=1S/C14H12F2O5S2/c15-14(16,23(18,19)20)13(17)21-8-9-22-12-7-3-5-10-4-1-2-6-11(10)12/h1-7H,8-9H2,(H,18,19,20). The minimum Gasteiger partial charge on any atom is -0.459 e. The number of thioether (sulfide) groups is 1. The molecule has 0 saturated heterocycles. The monoisotopic (exact) mass is 362 g/mol. The van der Waals surface area contributed by atoms with Crippen LogP contribution in [0.1, 0.15) is 0 Å². The van der Waals surface area contributed by atoms with E-state index in [0.29, 0.717) is 0 Å². The highest BCUT2D eigenvalue weighted by Gasteiger charge is 2.54. The Morgan fingerprint density at radius 1 is 1.17 bits per heavy atom. The van der Waals surface area contributed by atoms with E-state index in [0.717, 1.165) is 15.7 Å². The van der Waals surface area contributed by atoms with Crippen molar-refractivity contribution >= 4 is 38.6 Å². The van der Waals surface area contributed by atoms with Gasteiger partial charge in [0.05, 0.1) is 0 Å². The van der Waals surface area contributed by atoms with Gasteiger partial charge in [0.2, 0.25) is 0 Å². The lowest BCUT2D eigenvalue weighted by Crippen LogP contribution is -2.39. The van der Waals surface area contributed by atoms with Crippen molar-refractivity contribution in [3.8, 4) is 0 Å². The molecule has 2 aromatic carbocycles. The summed E-state index contributed by atoms with van der Waals surface area (Å²) in [6, 6.07) is 13.2. The number of benzene rings is 2. The topological polar surface area (TPSA) is 80.7 Å². The number of fused-ring (bicyclic) bond motifs is 1. The minimum atomic E-state index is -5.83. The van der Waals surface area contributed by atoms with Crippen LogP contribution in [0.5, 0.6) is 0 Å². The predicted molar refractivity (Wildman–Crippen MR) is 82.1 cm³/mol. The molecule has 0 unspecified atom stereocenters. The number of hydrogen-bond acceptors (Lipinski definition) is 5. The summed E-state index contributed by atoms with van der Waals surface area (Å²) in [6.07, 6.45) is 0. The lowest BCUT2D eigenvalue weighted by atomic mass is 10.1. The maximum Gasteiger partial charge on any atom is 0.465 e. The normalized spacial score (nSPS) is 12.3. The number of ether oxygens (including phenoxy) is 1. The van der Waals surface area contributed by atoms with Crippen LogP contribution in [0.4, 0.5) is 8.78 Å². The highest BCUT2D eigenvalue weighted by atomic mass is 32.2. The molecule has 1 N–H and O–H groups in total. The van der Waals surface area contributed by atoms with E-state index in [9.17, 15) is 22.0 Å². The number of esters is 1. The zero-order chi connectivity index (χ0) is 17.1. The Labute approximate surface area is 135 Å². The maximum atomic E-state index is 13.0. The Kier molecular flexibility index (Phi) is 5.23. The zero-order valence-electron chi connectivity index (χ0n) is 11.6. The van der Waals surface area contributed by atoms with Crippen LogP contribution < -0.4 is 0 Å². The van der Waals surface area contributed by atoms with Crippen LogP contribution in [0.25, 0.3) is 10.8 Å². The molecule has 0 saturated carbocycles. The van der Waals surface area contributed by atoms with Crippen molar-refractivity contribution in [1.82, 2.24) is 0 Å². The SMILES string of the molecule is O=C(OCCSc1cccc2ccccc12)C(F)(F)S(=O)(=O)O. The van der Waals surface area contributed by atoms with E-state index < -0.39 is 27.9 Å². The molecule has 0 bridgehead atoms. The van der Waals surface area contributed by atoms with Crippen LogP contribution >= 0.6 is 11.8 Å². The number of alkyl halides is 2. The number of carbonyl (C=O) groups is 1. The second-order valence-corrected chi connectivity index (χ2v) is 7.05. The lowest BCUT2D eigenvalue weighted by Gasteiger charge is -2.12. The molecule has 0 atom stereocenters. The van der Waals surface area contributed by atoms with Crippen molar-refractivity contribution < 1.29 is 31.3 Å². The van der Waals surface area contributed by atoms with Gasteiger partial charge in [-0.2, -0.15) is 17.2 Å². The third-order valence-electron chi connectivity index (χ3n) is 2.89. The van der Waals surface area contributed by atoms with Crippen molar-refractivity contribution in [1.29, 1.82) is 0 Å². The van der Waals surface area contributed by atoms with Crippen molar-refractivity contribution in [2.24, 2.45) is 0 Å². The van der Waals surface area contributed by atoms with Crippen molar-refractivity contribution in [3.05, 3.63) is 42.5 Å². The summed E-state index contributed by atoms with van der Waals surface area (Å²) < 4.78 is 59.2. The molecule has 0 aliphatic heterocycles. The molecule has 0 heterocycles. The molecular weight excluding hydrogens is 350 g/mol. The number of rotatable bonds is 6. The highest BCUT2D eigenvalue weighted by Crippen LogP contribution is 2.28. The fourth-order valence-corrected chi connectivity index (χ4v) is 2.97. The second-order valence-electron chi connectivity index (χ2n) is 4.45.